The normalized spacial score (nSPS) is 10.3. The summed E-state index contributed by atoms with van der Waals surface area (Å²) in [6.07, 6.45) is 0.967. The molecule has 26 heavy (non-hydrogen) atoms. The van der Waals surface area contributed by atoms with E-state index in [2.05, 4.69) is 17.6 Å². The number of anilines is 1. The maximum Gasteiger partial charge on any atom is 0.264 e. The van der Waals surface area contributed by atoms with E-state index in [0.717, 1.165) is 22.9 Å². The second-order valence-electron chi connectivity index (χ2n) is 5.82. The molecule has 4 nitrogen and oxygen atoms in total. The van der Waals surface area contributed by atoms with Gasteiger partial charge in [-0.25, -0.2) is 0 Å². The molecule has 0 spiro atoms. The molecular formula is C21H20N2O2S. The Kier molecular flexibility index (Phi) is 5.81. The topological polar surface area (TPSA) is 50.4 Å². The standard InChI is InChI=1S/C21H20N2O2S/c1-2-15-10-12-17(13-11-15)25-14-20(24)23-21(26)22-19-9-5-7-16-6-3-4-8-18(16)19/h3-13H,2,14H2,1H3,(H2,22,23,24,26). The zero-order valence-electron chi connectivity index (χ0n) is 14.5. The first kappa shape index (κ1) is 17.9. The molecule has 0 aliphatic heterocycles. The predicted octanol–water partition coefficient (Wildman–Crippen LogP) is 4.29. The van der Waals surface area contributed by atoms with Crippen molar-refractivity contribution in [1.29, 1.82) is 0 Å². The number of nitrogens with one attached hydrogen (secondary N) is 2. The Morgan fingerprint density at radius 1 is 1.00 bits per heavy atom. The van der Waals surface area contributed by atoms with Crippen LogP contribution < -0.4 is 15.4 Å². The number of aryl methyl sites for hydroxylation is 1. The number of ether oxygens (including phenoxy) is 1. The number of benzene rings is 3. The summed E-state index contributed by atoms with van der Waals surface area (Å²) in [6, 6.07) is 21.6. The van der Waals surface area contributed by atoms with Gasteiger partial charge in [0.15, 0.2) is 11.7 Å². The molecule has 0 fully saturated rings. The fourth-order valence-corrected chi connectivity index (χ4v) is 2.84. The number of rotatable bonds is 5. The second kappa shape index (κ2) is 8.45. The fraction of sp³-hybridized carbons (Fsp3) is 0.143. The van der Waals surface area contributed by atoms with Crippen molar-refractivity contribution < 1.29 is 9.53 Å². The van der Waals surface area contributed by atoms with E-state index >= 15 is 0 Å². The summed E-state index contributed by atoms with van der Waals surface area (Å²) >= 11 is 5.24. The van der Waals surface area contributed by atoms with Crippen molar-refractivity contribution >= 4 is 39.7 Å². The summed E-state index contributed by atoms with van der Waals surface area (Å²) in [6.45, 7) is 2.00. The Hall–Kier alpha value is -2.92. The van der Waals surface area contributed by atoms with Crippen LogP contribution in [0.2, 0.25) is 0 Å². The van der Waals surface area contributed by atoms with Crippen molar-refractivity contribution in [3.63, 3.8) is 0 Å². The van der Waals surface area contributed by atoms with Gasteiger partial charge in [0.05, 0.1) is 0 Å². The van der Waals surface area contributed by atoms with Gasteiger partial charge in [-0.2, -0.15) is 0 Å². The number of hydrogen-bond acceptors (Lipinski definition) is 3. The first-order valence-electron chi connectivity index (χ1n) is 8.46. The summed E-state index contributed by atoms with van der Waals surface area (Å²) in [7, 11) is 0. The molecule has 0 atom stereocenters. The van der Waals surface area contributed by atoms with Crippen LogP contribution in [-0.2, 0) is 11.2 Å². The lowest BCUT2D eigenvalue weighted by atomic mass is 10.1. The van der Waals surface area contributed by atoms with Gasteiger partial charge < -0.3 is 10.1 Å². The first-order chi connectivity index (χ1) is 12.7. The molecule has 0 saturated carbocycles. The highest BCUT2D eigenvalue weighted by atomic mass is 32.1. The van der Waals surface area contributed by atoms with E-state index in [9.17, 15) is 4.79 Å². The summed E-state index contributed by atoms with van der Waals surface area (Å²) < 4.78 is 5.49. The Labute approximate surface area is 158 Å². The van der Waals surface area contributed by atoms with Gasteiger partial charge in [0.25, 0.3) is 5.91 Å². The van der Waals surface area contributed by atoms with Crippen LogP contribution in [0, 0.1) is 0 Å². The van der Waals surface area contributed by atoms with E-state index in [0.29, 0.717) is 5.75 Å². The largest absolute Gasteiger partial charge is 0.484 e. The average molecular weight is 364 g/mol. The highest BCUT2D eigenvalue weighted by Gasteiger charge is 2.08. The predicted molar refractivity (Wildman–Crippen MR) is 110 cm³/mol. The monoisotopic (exact) mass is 364 g/mol. The van der Waals surface area contributed by atoms with E-state index < -0.39 is 0 Å². The van der Waals surface area contributed by atoms with Gasteiger partial charge in [0, 0.05) is 11.1 Å². The minimum Gasteiger partial charge on any atom is -0.484 e. The van der Waals surface area contributed by atoms with Crippen LogP contribution >= 0.6 is 12.2 Å². The van der Waals surface area contributed by atoms with Crippen LogP contribution in [0.4, 0.5) is 5.69 Å². The Morgan fingerprint density at radius 2 is 1.73 bits per heavy atom. The maximum atomic E-state index is 12.0. The molecule has 3 rings (SSSR count). The summed E-state index contributed by atoms with van der Waals surface area (Å²) in [5.74, 6) is 0.354. The lowest BCUT2D eigenvalue weighted by Gasteiger charge is -2.12. The molecule has 3 aromatic carbocycles. The van der Waals surface area contributed by atoms with Crippen LogP contribution in [0.1, 0.15) is 12.5 Å². The molecule has 0 aliphatic carbocycles. The Morgan fingerprint density at radius 3 is 2.50 bits per heavy atom. The molecule has 0 saturated heterocycles. The van der Waals surface area contributed by atoms with Gasteiger partial charge in [-0.15, -0.1) is 0 Å². The molecule has 132 valence electrons. The number of carbonyl (C=O) groups excluding carboxylic acids is 1. The van der Waals surface area contributed by atoms with Crippen molar-refractivity contribution in [2.24, 2.45) is 0 Å². The molecule has 2 N–H and O–H groups in total. The first-order valence-corrected chi connectivity index (χ1v) is 8.87. The van der Waals surface area contributed by atoms with Gasteiger partial charge in [0.1, 0.15) is 5.75 Å². The number of amides is 1. The summed E-state index contributed by atoms with van der Waals surface area (Å²) in [5, 5.41) is 8.10. The third-order valence-electron chi connectivity index (χ3n) is 3.99. The van der Waals surface area contributed by atoms with Gasteiger partial charge in [-0.1, -0.05) is 55.5 Å². The third kappa shape index (κ3) is 4.58. The molecule has 0 bridgehead atoms. The van der Waals surface area contributed by atoms with Crippen LogP contribution in [-0.4, -0.2) is 17.6 Å². The molecule has 5 heteroatoms. The molecule has 0 unspecified atom stereocenters. The average Bonchev–Trinajstić information content (AvgIpc) is 2.67. The van der Waals surface area contributed by atoms with E-state index in [-0.39, 0.29) is 17.6 Å². The Balaban J connectivity index is 1.54. The van der Waals surface area contributed by atoms with Gasteiger partial charge in [-0.05, 0) is 47.8 Å². The van der Waals surface area contributed by atoms with Gasteiger partial charge in [-0.3, -0.25) is 10.1 Å². The molecular weight excluding hydrogens is 344 g/mol. The van der Waals surface area contributed by atoms with Gasteiger partial charge in [0.2, 0.25) is 0 Å². The van der Waals surface area contributed by atoms with Crippen LogP contribution in [0.3, 0.4) is 0 Å². The SMILES string of the molecule is CCc1ccc(OCC(=O)NC(=S)Nc2cccc3ccccc23)cc1. The molecule has 1 amide bonds. The minimum atomic E-state index is -0.303. The van der Waals surface area contributed by atoms with Crippen molar-refractivity contribution in [3.8, 4) is 5.75 Å². The van der Waals surface area contributed by atoms with Crippen molar-refractivity contribution in [2.75, 3.05) is 11.9 Å². The lowest BCUT2D eigenvalue weighted by molar-refractivity contribution is -0.121. The van der Waals surface area contributed by atoms with Crippen molar-refractivity contribution in [2.45, 2.75) is 13.3 Å². The van der Waals surface area contributed by atoms with Crippen LogP contribution in [0.15, 0.2) is 66.7 Å². The fourth-order valence-electron chi connectivity index (χ4n) is 2.62. The Bertz CT molecular complexity index is 917. The van der Waals surface area contributed by atoms with E-state index in [1.807, 2.05) is 66.7 Å². The van der Waals surface area contributed by atoms with Crippen LogP contribution in [0.5, 0.6) is 5.75 Å². The quantitative estimate of drug-likeness (QED) is 0.663. The van der Waals surface area contributed by atoms with Crippen molar-refractivity contribution in [1.82, 2.24) is 5.32 Å². The van der Waals surface area contributed by atoms with Gasteiger partial charge >= 0.3 is 0 Å². The summed E-state index contributed by atoms with van der Waals surface area (Å²) in [5.41, 5.74) is 2.08. The zero-order valence-corrected chi connectivity index (χ0v) is 15.3. The van der Waals surface area contributed by atoms with E-state index in [4.69, 9.17) is 17.0 Å². The maximum absolute atomic E-state index is 12.0. The number of hydrogen-bond donors (Lipinski definition) is 2. The van der Waals surface area contributed by atoms with Crippen molar-refractivity contribution in [3.05, 3.63) is 72.3 Å². The van der Waals surface area contributed by atoms with E-state index in [1.165, 1.54) is 5.56 Å². The highest BCUT2D eigenvalue weighted by molar-refractivity contribution is 7.80. The molecule has 0 aliphatic rings. The van der Waals surface area contributed by atoms with Crippen LogP contribution in [0.25, 0.3) is 10.8 Å². The number of fused-ring (bicyclic) bond motifs is 1. The number of carbonyl (C=O) groups is 1. The smallest absolute Gasteiger partial charge is 0.264 e. The molecule has 0 heterocycles. The number of thiocarbonyl (C=S) groups is 1. The van der Waals surface area contributed by atoms with E-state index in [1.54, 1.807) is 0 Å². The lowest BCUT2D eigenvalue weighted by Crippen LogP contribution is -2.37. The third-order valence-corrected chi connectivity index (χ3v) is 4.20. The highest BCUT2D eigenvalue weighted by Crippen LogP contribution is 2.22. The molecule has 3 aromatic rings. The zero-order chi connectivity index (χ0) is 18.4. The second-order valence-corrected chi connectivity index (χ2v) is 6.22. The summed E-state index contributed by atoms with van der Waals surface area (Å²) in [4.78, 5) is 12.0. The molecule has 0 radical (unpaired) electrons. The molecule has 0 aromatic heterocycles. The minimum absolute atomic E-state index is 0.0944.